The van der Waals surface area contributed by atoms with Gasteiger partial charge in [-0.15, -0.1) is 11.3 Å². The Labute approximate surface area is 144 Å². The molecule has 0 radical (unpaired) electrons. The van der Waals surface area contributed by atoms with Crippen LogP contribution in [0.25, 0.3) is 0 Å². The summed E-state index contributed by atoms with van der Waals surface area (Å²) in [5, 5.41) is 5.44. The molecule has 0 fully saturated rings. The highest BCUT2D eigenvalue weighted by Crippen LogP contribution is 2.25. The first-order valence-corrected chi connectivity index (χ1v) is 9.32. The van der Waals surface area contributed by atoms with Gasteiger partial charge in [0.05, 0.1) is 5.02 Å². The number of thioether (sulfide) groups is 1. The van der Waals surface area contributed by atoms with Gasteiger partial charge in [0.25, 0.3) is 5.91 Å². The van der Waals surface area contributed by atoms with Gasteiger partial charge >= 0.3 is 0 Å². The Balaban J connectivity index is 1.60. The molecule has 0 atom stereocenters. The fraction of sp³-hybridized carbons (Fsp3) is 0.312. The summed E-state index contributed by atoms with van der Waals surface area (Å²) in [6, 6.07) is 9.67. The van der Waals surface area contributed by atoms with Crippen LogP contribution in [0.5, 0.6) is 5.75 Å². The van der Waals surface area contributed by atoms with Gasteiger partial charge in [-0.25, -0.2) is 0 Å². The van der Waals surface area contributed by atoms with Gasteiger partial charge in [-0.3, -0.25) is 4.79 Å². The number of carbonyl (C=O) groups is 1. The van der Waals surface area contributed by atoms with Crippen LogP contribution in [-0.4, -0.2) is 24.8 Å². The summed E-state index contributed by atoms with van der Waals surface area (Å²) in [6.07, 6.45) is 0. The molecule has 1 N–H and O–H groups in total. The van der Waals surface area contributed by atoms with Crippen molar-refractivity contribution in [1.29, 1.82) is 0 Å². The third-order valence-electron chi connectivity index (χ3n) is 2.84. The average Bonchev–Trinajstić information content (AvgIpc) is 3.01. The van der Waals surface area contributed by atoms with Crippen molar-refractivity contribution in [2.75, 3.05) is 18.9 Å². The van der Waals surface area contributed by atoms with Crippen LogP contribution < -0.4 is 10.1 Å². The van der Waals surface area contributed by atoms with Crippen LogP contribution in [0.3, 0.4) is 0 Å². The van der Waals surface area contributed by atoms with Crippen molar-refractivity contribution in [3.8, 4) is 5.75 Å². The first-order valence-electron chi connectivity index (χ1n) is 6.91. The van der Waals surface area contributed by atoms with Crippen LogP contribution in [0.15, 0.2) is 35.7 Å². The average molecular weight is 356 g/mol. The number of hydrogen-bond donors (Lipinski definition) is 1. The number of ether oxygens (including phenoxy) is 1. The molecule has 0 unspecified atom stereocenters. The summed E-state index contributed by atoms with van der Waals surface area (Å²) >= 11 is 9.58. The Kier molecular flexibility index (Phi) is 7.09. The molecule has 1 aromatic heterocycles. The molecule has 3 nitrogen and oxygen atoms in total. The number of hydrogen-bond acceptors (Lipinski definition) is 4. The van der Waals surface area contributed by atoms with Crippen LogP contribution in [-0.2, 0) is 10.5 Å². The van der Waals surface area contributed by atoms with Gasteiger partial charge < -0.3 is 10.1 Å². The van der Waals surface area contributed by atoms with Crippen LogP contribution >= 0.6 is 34.7 Å². The van der Waals surface area contributed by atoms with Gasteiger partial charge in [0.1, 0.15) is 5.75 Å². The smallest absolute Gasteiger partial charge is 0.257 e. The topological polar surface area (TPSA) is 38.3 Å². The summed E-state index contributed by atoms with van der Waals surface area (Å²) < 4.78 is 5.45. The monoisotopic (exact) mass is 355 g/mol. The molecule has 0 aliphatic carbocycles. The van der Waals surface area contributed by atoms with E-state index >= 15 is 0 Å². The fourth-order valence-electron chi connectivity index (χ4n) is 1.75. The largest absolute Gasteiger partial charge is 0.482 e. The molecule has 6 heteroatoms. The molecule has 0 aliphatic heterocycles. The van der Waals surface area contributed by atoms with E-state index in [4.69, 9.17) is 16.3 Å². The van der Waals surface area contributed by atoms with E-state index in [1.54, 1.807) is 29.2 Å². The third-order valence-corrected chi connectivity index (χ3v) is 5.22. The van der Waals surface area contributed by atoms with Gasteiger partial charge in [0.15, 0.2) is 6.61 Å². The van der Waals surface area contributed by atoms with E-state index in [1.807, 2.05) is 19.1 Å². The molecule has 1 aromatic carbocycles. The lowest BCUT2D eigenvalue weighted by Gasteiger charge is -2.09. The Morgan fingerprint density at radius 2 is 2.27 bits per heavy atom. The third kappa shape index (κ3) is 5.91. The minimum atomic E-state index is -0.130. The molecule has 0 saturated heterocycles. The molecule has 0 aliphatic rings. The van der Waals surface area contributed by atoms with Crippen LogP contribution in [0.4, 0.5) is 0 Å². The minimum absolute atomic E-state index is 0.0151. The fourth-order valence-corrected chi connectivity index (χ4v) is 3.62. The van der Waals surface area contributed by atoms with Gasteiger partial charge in [0, 0.05) is 22.9 Å². The highest BCUT2D eigenvalue weighted by Gasteiger charge is 2.06. The van der Waals surface area contributed by atoms with Crippen LogP contribution in [0.2, 0.25) is 5.02 Å². The van der Waals surface area contributed by atoms with Gasteiger partial charge in [-0.05, 0) is 36.1 Å². The zero-order chi connectivity index (χ0) is 15.8. The molecule has 22 heavy (non-hydrogen) atoms. The van der Waals surface area contributed by atoms with E-state index in [1.165, 1.54) is 4.88 Å². The van der Waals surface area contributed by atoms with Crippen molar-refractivity contribution < 1.29 is 9.53 Å². The predicted octanol–water partition coefficient (Wildman–Crippen LogP) is 4.14. The molecule has 0 spiro atoms. The summed E-state index contributed by atoms with van der Waals surface area (Å²) in [5.41, 5.74) is 1.05. The Hall–Kier alpha value is -1.17. The van der Waals surface area contributed by atoms with E-state index < -0.39 is 0 Å². The standard InChI is InChI=1S/C16H18ClNO2S2/c1-12-4-5-14(17)15(9-12)20-10-16(19)18-6-8-21-11-13-3-2-7-22-13/h2-5,7,9H,6,8,10-11H2,1H3,(H,18,19). The molecule has 1 heterocycles. The summed E-state index contributed by atoms with van der Waals surface area (Å²) in [5.74, 6) is 2.29. The van der Waals surface area contributed by atoms with Crippen molar-refractivity contribution in [1.82, 2.24) is 5.32 Å². The summed E-state index contributed by atoms with van der Waals surface area (Å²) in [6.45, 7) is 2.58. The van der Waals surface area contributed by atoms with E-state index in [0.29, 0.717) is 17.3 Å². The van der Waals surface area contributed by atoms with Crippen molar-refractivity contribution in [2.24, 2.45) is 0 Å². The van der Waals surface area contributed by atoms with Gasteiger partial charge in [-0.1, -0.05) is 23.7 Å². The molecule has 1 amide bonds. The van der Waals surface area contributed by atoms with E-state index in [0.717, 1.165) is 17.1 Å². The van der Waals surface area contributed by atoms with Crippen molar-refractivity contribution in [3.05, 3.63) is 51.2 Å². The molecule has 118 valence electrons. The Morgan fingerprint density at radius 1 is 1.41 bits per heavy atom. The zero-order valence-electron chi connectivity index (χ0n) is 12.3. The first-order chi connectivity index (χ1) is 10.6. The Morgan fingerprint density at radius 3 is 3.05 bits per heavy atom. The number of benzene rings is 1. The molecule has 2 aromatic rings. The minimum Gasteiger partial charge on any atom is -0.482 e. The van der Waals surface area contributed by atoms with Crippen LogP contribution in [0, 0.1) is 6.92 Å². The second-order valence-corrected chi connectivity index (χ2v) is 7.25. The second kappa shape index (κ2) is 9.08. The maximum absolute atomic E-state index is 11.7. The normalized spacial score (nSPS) is 10.5. The number of carbonyl (C=O) groups excluding carboxylic acids is 1. The van der Waals surface area contributed by atoms with Crippen molar-refractivity contribution >= 4 is 40.6 Å². The predicted molar refractivity (Wildman–Crippen MR) is 95.2 cm³/mol. The van der Waals surface area contributed by atoms with Gasteiger partial charge in [-0.2, -0.15) is 11.8 Å². The maximum atomic E-state index is 11.7. The number of thiophene rings is 1. The molecular formula is C16H18ClNO2S2. The number of aryl methyl sites for hydroxylation is 1. The summed E-state index contributed by atoms with van der Waals surface area (Å²) in [4.78, 5) is 13.1. The molecule has 2 rings (SSSR count). The highest BCUT2D eigenvalue weighted by atomic mass is 35.5. The zero-order valence-corrected chi connectivity index (χ0v) is 14.7. The maximum Gasteiger partial charge on any atom is 0.257 e. The lowest BCUT2D eigenvalue weighted by Crippen LogP contribution is -2.30. The number of nitrogens with one attached hydrogen (secondary N) is 1. The summed E-state index contributed by atoms with van der Waals surface area (Å²) in [7, 11) is 0. The van der Waals surface area contributed by atoms with Crippen LogP contribution in [0.1, 0.15) is 10.4 Å². The van der Waals surface area contributed by atoms with E-state index in [2.05, 4.69) is 22.8 Å². The lowest BCUT2D eigenvalue weighted by molar-refractivity contribution is -0.122. The van der Waals surface area contributed by atoms with E-state index in [-0.39, 0.29) is 12.5 Å². The number of amides is 1. The first kappa shape index (κ1) is 17.2. The number of halogens is 1. The lowest BCUT2D eigenvalue weighted by atomic mass is 10.2. The SMILES string of the molecule is Cc1ccc(Cl)c(OCC(=O)NCCSCc2cccs2)c1. The number of rotatable bonds is 8. The Bertz CT molecular complexity index is 602. The highest BCUT2D eigenvalue weighted by molar-refractivity contribution is 7.98. The second-order valence-electron chi connectivity index (χ2n) is 4.70. The van der Waals surface area contributed by atoms with Crippen molar-refractivity contribution in [3.63, 3.8) is 0 Å². The van der Waals surface area contributed by atoms with E-state index in [9.17, 15) is 4.79 Å². The van der Waals surface area contributed by atoms with Gasteiger partial charge in [0.2, 0.25) is 0 Å². The quantitative estimate of drug-likeness (QED) is 0.723. The van der Waals surface area contributed by atoms with Crippen molar-refractivity contribution in [2.45, 2.75) is 12.7 Å². The molecule has 0 bridgehead atoms. The molecule has 0 saturated carbocycles. The molecular weight excluding hydrogens is 338 g/mol.